The quantitative estimate of drug-likeness (QED) is 0.553. The molecule has 4 aliphatic rings. The Balaban J connectivity index is 1.28. The van der Waals surface area contributed by atoms with Crippen molar-refractivity contribution in [3.05, 3.63) is 30.4 Å². The van der Waals surface area contributed by atoms with Crippen LogP contribution in [-0.4, -0.2) is 35.8 Å². The molecule has 0 radical (unpaired) electrons. The molecule has 5 rings (SSSR count). The molecule has 0 aromatic heterocycles. The highest BCUT2D eigenvalue weighted by Gasteiger charge is 2.56. The van der Waals surface area contributed by atoms with Crippen molar-refractivity contribution in [3.8, 4) is 11.5 Å². The van der Waals surface area contributed by atoms with Crippen LogP contribution in [0.15, 0.2) is 30.4 Å². The van der Waals surface area contributed by atoms with Gasteiger partial charge in [0.15, 0.2) is 11.5 Å². The van der Waals surface area contributed by atoms with Gasteiger partial charge in [-0.25, -0.2) is 0 Å². The van der Waals surface area contributed by atoms with Gasteiger partial charge in [0.05, 0.1) is 12.2 Å². The molecule has 7 unspecified atom stereocenters. The molecule has 176 valence electrons. The number of nitrogens with one attached hydrogen (secondary N) is 1. The van der Waals surface area contributed by atoms with Gasteiger partial charge in [0.25, 0.3) is 0 Å². The summed E-state index contributed by atoms with van der Waals surface area (Å²) in [4.78, 5) is 0. The maximum absolute atomic E-state index is 11.6. The van der Waals surface area contributed by atoms with Gasteiger partial charge in [-0.2, -0.15) is 0 Å². The molecule has 3 saturated carbocycles. The van der Waals surface area contributed by atoms with Crippen LogP contribution in [0.4, 0.5) is 5.69 Å². The van der Waals surface area contributed by atoms with Crippen LogP contribution in [-0.2, 0) is 0 Å². The van der Waals surface area contributed by atoms with E-state index in [4.69, 9.17) is 9.47 Å². The lowest BCUT2D eigenvalue weighted by molar-refractivity contribution is -0.119. The monoisotopic (exact) mass is 441 g/mol. The Morgan fingerprint density at radius 2 is 1.88 bits per heavy atom. The van der Waals surface area contributed by atoms with Crippen molar-refractivity contribution in [2.75, 3.05) is 18.7 Å². The molecular weight excluding hydrogens is 402 g/mol. The van der Waals surface area contributed by atoms with Crippen molar-refractivity contribution in [2.24, 2.45) is 28.6 Å². The second-order valence-electron chi connectivity index (χ2n) is 11.2. The number of aliphatic hydroxyl groups excluding tert-OH is 2. The lowest BCUT2D eigenvalue weighted by atomic mass is 9.51. The zero-order chi connectivity index (χ0) is 22.5. The minimum atomic E-state index is -0.266. The summed E-state index contributed by atoms with van der Waals surface area (Å²) in [6.45, 7) is 10.2. The predicted octanol–water partition coefficient (Wildman–Crippen LogP) is 5.13. The summed E-state index contributed by atoms with van der Waals surface area (Å²) in [5, 5.41) is 25.6. The average Bonchev–Trinajstić information content (AvgIpc) is 3.35. The van der Waals surface area contributed by atoms with Crippen LogP contribution in [0, 0.1) is 28.6 Å². The topological polar surface area (TPSA) is 71.0 Å². The first-order valence-electron chi connectivity index (χ1n) is 12.5. The molecule has 5 nitrogen and oxygen atoms in total. The summed E-state index contributed by atoms with van der Waals surface area (Å²) >= 11 is 0. The van der Waals surface area contributed by atoms with Crippen LogP contribution < -0.4 is 14.8 Å². The Kier molecular flexibility index (Phi) is 5.69. The summed E-state index contributed by atoms with van der Waals surface area (Å²) in [6, 6.07) is 5.97. The molecule has 3 aliphatic carbocycles. The highest BCUT2D eigenvalue weighted by Crippen LogP contribution is 2.61. The minimum Gasteiger partial charge on any atom is -0.454 e. The summed E-state index contributed by atoms with van der Waals surface area (Å²) in [5.74, 6) is 2.62. The number of allylic oxidation sites excluding steroid dienone is 1. The van der Waals surface area contributed by atoms with Gasteiger partial charge >= 0.3 is 0 Å². The summed E-state index contributed by atoms with van der Waals surface area (Å²) < 4.78 is 10.9. The van der Waals surface area contributed by atoms with Gasteiger partial charge in [0, 0.05) is 18.3 Å². The van der Waals surface area contributed by atoms with E-state index in [-0.39, 0.29) is 29.8 Å². The molecular formula is C27H39NO4. The van der Waals surface area contributed by atoms with E-state index in [9.17, 15) is 10.2 Å². The van der Waals surface area contributed by atoms with Crippen LogP contribution in [0.5, 0.6) is 11.5 Å². The van der Waals surface area contributed by atoms with Gasteiger partial charge in [-0.05, 0) is 92.1 Å². The van der Waals surface area contributed by atoms with Crippen LogP contribution in [0.25, 0.3) is 0 Å². The SMILES string of the molecule is C=C1CCC2C(O)C(C3(C)CCC(O)CC3CCNc3ccc4c(c3)OCO4)CCC12C. The molecule has 3 N–H and O–H groups in total. The van der Waals surface area contributed by atoms with Crippen LogP contribution >= 0.6 is 0 Å². The highest BCUT2D eigenvalue weighted by atomic mass is 16.7. The molecule has 1 aromatic rings. The van der Waals surface area contributed by atoms with Crippen molar-refractivity contribution < 1.29 is 19.7 Å². The van der Waals surface area contributed by atoms with E-state index in [1.165, 1.54) is 5.57 Å². The fraction of sp³-hybridized carbons (Fsp3) is 0.704. The molecule has 0 bridgehead atoms. The van der Waals surface area contributed by atoms with E-state index < -0.39 is 0 Å². The van der Waals surface area contributed by atoms with E-state index in [0.29, 0.717) is 17.8 Å². The Hall–Kier alpha value is -1.72. The fourth-order valence-electron chi connectivity index (χ4n) is 7.46. The number of ether oxygens (including phenoxy) is 2. The Bertz CT molecular complexity index is 871. The Morgan fingerprint density at radius 1 is 1.06 bits per heavy atom. The fourth-order valence-corrected chi connectivity index (χ4v) is 7.46. The van der Waals surface area contributed by atoms with Crippen LogP contribution in [0.3, 0.4) is 0 Å². The maximum atomic E-state index is 11.6. The maximum Gasteiger partial charge on any atom is 0.231 e. The normalized spacial score (nSPS) is 40.9. The third kappa shape index (κ3) is 3.62. The number of benzene rings is 1. The van der Waals surface area contributed by atoms with Gasteiger partial charge in [-0.15, -0.1) is 0 Å². The minimum absolute atomic E-state index is 0.0560. The molecule has 32 heavy (non-hydrogen) atoms. The average molecular weight is 442 g/mol. The second-order valence-corrected chi connectivity index (χ2v) is 11.2. The summed E-state index contributed by atoms with van der Waals surface area (Å²) in [6.07, 6.45) is 7.50. The molecule has 0 saturated heterocycles. The van der Waals surface area contributed by atoms with E-state index in [1.54, 1.807) is 0 Å². The van der Waals surface area contributed by atoms with Crippen molar-refractivity contribution in [1.29, 1.82) is 0 Å². The molecule has 1 heterocycles. The molecule has 1 aliphatic heterocycles. The largest absolute Gasteiger partial charge is 0.454 e. The number of hydrogen-bond donors (Lipinski definition) is 3. The molecule has 3 fully saturated rings. The molecule has 0 amide bonds. The van der Waals surface area contributed by atoms with Gasteiger partial charge in [-0.3, -0.25) is 0 Å². The molecule has 0 spiro atoms. The molecule has 5 heteroatoms. The lowest BCUT2D eigenvalue weighted by Crippen LogP contribution is -2.53. The number of anilines is 1. The lowest BCUT2D eigenvalue weighted by Gasteiger charge is -2.55. The van der Waals surface area contributed by atoms with Crippen LogP contribution in [0.2, 0.25) is 0 Å². The van der Waals surface area contributed by atoms with E-state index in [1.807, 2.05) is 18.2 Å². The number of fused-ring (bicyclic) bond motifs is 2. The molecule has 7 atom stereocenters. The van der Waals surface area contributed by atoms with E-state index in [2.05, 4.69) is 25.7 Å². The van der Waals surface area contributed by atoms with E-state index >= 15 is 0 Å². The van der Waals surface area contributed by atoms with Gasteiger partial charge < -0.3 is 25.0 Å². The third-order valence-corrected chi connectivity index (χ3v) is 9.73. The number of hydrogen-bond acceptors (Lipinski definition) is 5. The van der Waals surface area contributed by atoms with E-state index in [0.717, 1.165) is 75.1 Å². The first kappa shape index (κ1) is 22.1. The third-order valence-electron chi connectivity index (χ3n) is 9.73. The van der Waals surface area contributed by atoms with Crippen molar-refractivity contribution in [2.45, 2.75) is 77.4 Å². The number of aliphatic hydroxyl groups is 2. The van der Waals surface area contributed by atoms with Gasteiger partial charge in [0.2, 0.25) is 6.79 Å². The summed E-state index contributed by atoms with van der Waals surface area (Å²) in [7, 11) is 0. The first-order valence-corrected chi connectivity index (χ1v) is 12.5. The Morgan fingerprint density at radius 3 is 2.72 bits per heavy atom. The zero-order valence-electron chi connectivity index (χ0n) is 19.6. The van der Waals surface area contributed by atoms with Crippen molar-refractivity contribution in [3.63, 3.8) is 0 Å². The standard InChI is InChI=1S/C27H39NO4/c1-17-4-6-21-25(30)22(9-12-26(17,21)2)27(3)11-8-20(29)14-18(27)10-13-28-19-5-7-23-24(15-19)32-16-31-23/h5,7,15,18,20-22,25,28-30H,1,4,6,8-14,16H2,2-3H3. The van der Waals surface area contributed by atoms with Crippen molar-refractivity contribution >= 4 is 5.69 Å². The second kappa shape index (κ2) is 8.25. The van der Waals surface area contributed by atoms with Crippen molar-refractivity contribution in [1.82, 2.24) is 0 Å². The summed E-state index contributed by atoms with van der Waals surface area (Å²) in [5.41, 5.74) is 2.54. The zero-order valence-corrected chi connectivity index (χ0v) is 19.6. The van der Waals surface area contributed by atoms with Gasteiger partial charge in [0.1, 0.15) is 0 Å². The first-order chi connectivity index (χ1) is 15.3. The number of rotatable bonds is 5. The predicted molar refractivity (Wildman–Crippen MR) is 126 cm³/mol. The smallest absolute Gasteiger partial charge is 0.231 e. The highest BCUT2D eigenvalue weighted by molar-refractivity contribution is 5.55. The Labute approximate surface area is 192 Å². The molecule has 1 aromatic carbocycles. The van der Waals surface area contributed by atoms with Crippen LogP contribution in [0.1, 0.15) is 65.2 Å². The van der Waals surface area contributed by atoms with Gasteiger partial charge in [-0.1, -0.05) is 26.0 Å².